The van der Waals surface area contributed by atoms with E-state index in [0.717, 1.165) is 12.1 Å². The van der Waals surface area contributed by atoms with Gasteiger partial charge in [0.25, 0.3) is 0 Å². The summed E-state index contributed by atoms with van der Waals surface area (Å²) in [5.74, 6) is -8.91. The monoisotopic (exact) mass is 342 g/mol. The van der Waals surface area contributed by atoms with Crippen molar-refractivity contribution < 1.29 is 27.4 Å². The molecule has 7 heteroatoms. The average Bonchev–Trinajstić information content (AvgIpc) is 2.37. The Labute approximate surface area is 115 Å². The number of aliphatic hydroxyl groups is 1. The second kappa shape index (κ2) is 5.50. The molecule has 0 aliphatic heterocycles. The average molecular weight is 343 g/mol. The number of methoxy groups -OCH3 is 1. The molecule has 1 N–H and O–H groups in total. The Balaban J connectivity index is 3.09. The van der Waals surface area contributed by atoms with Crippen molar-refractivity contribution in [2.75, 3.05) is 7.11 Å². The highest BCUT2D eigenvalue weighted by atomic mass is 79.9. The summed E-state index contributed by atoms with van der Waals surface area (Å²) in [5.41, 5.74) is -0.348. The minimum atomic E-state index is -4.69. The fraction of sp³-hybridized carbons (Fsp3) is 0.333. The number of benzene rings is 1. The van der Waals surface area contributed by atoms with Crippen LogP contribution in [-0.2, 0) is 0 Å². The maximum atomic E-state index is 13.6. The molecule has 2 nitrogen and oxygen atoms in total. The largest absolute Gasteiger partial charge is 0.497 e. The first-order valence-corrected chi connectivity index (χ1v) is 5.86. The van der Waals surface area contributed by atoms with E-state index in [1.54, 1.807) is 0 Å². The van der Waals surface area contributed by atoms with Crippen LogP contribution in [0.1, 0.15) is 11.7 Å². The van der Waals surface area contributed by atoms with Gasteiger partial charge in [0.15, 0.2) is 0 Å². The first kappa shape index (κ1) is 16.0. The van der Waals surface area contributed by atoms with Gasteiger partial charge in [0.2, 0.25) is 0 Å². The molecule has 0 saturated carbocycles. The van der Waals surface area contributed by atoms with Gasteiger partial charge in [-0.1, -0.05) is 18.7 Å². The van der Waals surface area contributed by atoms with E-state index in [1.807, 2.05) is 0 Å². The molecule has 0 saturated heterocycles. The third-order valence-electron chi connectivity index (χ3n) is 2.53. The Kier molecular flexibility index (Phi) is 4.63. The number of hydrogen-bond donors (Lipinski definition) is 1. The van der Waals surface area contributed by atoms with Crippen LogP contribution in [0.4, 0.5) is 17.6 Å². The Bertz CT molecular complexity index is 459. The predicted molar refractivity (Wildman–Crippen MR) is 65.9 cm³/mol. The third-order valence-corrected chi connectivity index (χ3v) is 3.03. The van der Waals surface area contributed by atoms with Crippen LogP contribution in [0, 0.1) is 0 Å². The van der Waals surface area contributed by atoms with E-state index in [2.05, 4.69) is 22.5 Å². The lowest BCUT2D eigenvalue weighted by Gasteiger charge is -2.30. The Hall–Kier alpha value is -1.08. The number of allylic oxidation sites excluding steroid dienone is 1. The molecule has 0 fully saturated rings. The quantitative estimate of drug-likeness (QED) is 0.822. The first-order chi connectivity index (χ1) is 8.64. The van der Waals surface area contributed by atoms with E-state index in [9.17, 15) is 22.7 Å². The maximum Gasteiger partial charge on any atom is 0.344 e. The van der Waals surface area contributed by atoms with Gasteiger partial charge in [-0.15, -0.1) is 0 Å². The van der Waals surface area contributed by atoms with Gasteiger partial charge < -0.3 is 9.84 Å². The summed E-state index contributed by atoms with van der Waals surface area (Å²) in [6.45, 7) is 2.75. The molecular formula is C12H11BrF4O2. The molecule has 0 aliphatic carbocycles. The fourth-order valence-corrected chi connectivity index (χ4v) is 1.61. The number of rotatable bonds is 5. The van der Waals surface area contributed by atoms with Crippen LogP contribution >= 0.6 is 15.9 Å². The topological polar surface area (TPSA) is 29.5 Å². The highest BCUT2D eigenvalue weighted by molar-refractivity contribution is 9.11. The highest BCUT2D eigenvalue weighted by Crippen LogP contribution is 2.48. The van der Waals surface area contributed by atoms with Crippen LogP contribution in [0.3, 0.4) is 0 Å². The second-order valence-corrected chi connectivity index (χ2v) is 4.74. The number of alkyl halides is 4. The Morgan fingerprint density at radius 1 is 1.26 bits per heavy atom. The molecule has 0 heterocycles. The molecular weight excluding hydrogens is 332 g/mol. The van der Waals surface area contributed by atoms with E-state index in [-0.39, 0.29) is 5.56 Å². The Morgan fingerprint density at radius 3 is 2.11 bits per heavy atom. The minimum Gasteiger partial charge on any atom is -0.497 e. The van der Waals surface area contributed by atoms with Gasteiger partial charge in [-0.05, 0) is 33.6 Å². The zero-order chi connectivity index (χ0) is 14.8. The fourth-order valence-electron chi connectivity index (χ4n) is 1.35. The van der Waals surface area contributed by atoms with E-state index in [0.29, 0.717) is 5.75 Å². The lowest BCUT2D eigenvalue weighted by atomic mass is 9.98. The van der Waals surface area contributed by atoms with Crippen LogP contribution < -0.4 is 4.74 Å². The van der Waals surface area contributed by atoms with Gasteiger partial charge in [0.1, 0.15) is 11.9 Å². The number of hydrogen-bond acceptors (Lipinski definition) is 2. The van der Waals surface area contributed by atoms with Gasteiger partial charge >= 0.3 is 11.8 Å². The summed E-state index contributed by atoms with van der Waals surface area (Å²) in [6.07, 6.45) is -2.66. The van der Waals surface area contributed by atoms with Crippen LogP contribution in [-0.4, -0.2) is 24.1 Å². The van der Waals surface area contributed by atoms with Crippen molar-refractivity contribution in [3.63, 3.8) is 0 Å². The van der Waals surface area contributed by atoms with Crippen molar-refractivity contribution in [1.29, 1.82) is 0 Å². The second-order valence-electron chi connectivity index (χ2n) is 3.78. The molecule has 1 atom stereocenters. The van der Waals surface area contributed by atoms with Crippen LogP contribution in [0.25, 0.3) is 0 Å². The number of ether oxygens (including phenoxy) is 1. The van der Waals surface area contributed by atoms with E-state index >= 15 is 0 Å². The zero-order valence-corrected chi connectivity index (χ0v) is 11.4. The van der Waals surface area contributed by atoms with Crippen LogP contribution in [0.2, 0.25) is 0 Å². The molecule has 1 aromatic rings. The van der Waals surface area contributed by atoms with Crippen molar-refractivity contribution in [1.82, 2.24) is 0 Å². The van der Waals surface area contributed by atoms with Crippen LogP contribution in [0.5, 0.6) is 5.75 Å². The molecule has 0 spiro atoms. The molecule has 19 heavy (non-hydrogen) atoms. The summed E-state index contributed by atoms with van der Waals surface area (Å²) in [5, 5.41) is 9.46. The smallest absolute Gasteiger partial charge is 0.344 e. The molecule has 0 amide bonds. The molecule has 1 rings (SSSR count). The van der Waals surface area contributed by atoms with Crippen LogP contribution in [0.15, 0.2) is 35.3 Å². The van der Waals surface area contributed by atoms with Crippen molar-refractivity contribution in [2.45, 2.75) is 17.9 Å². The van der Waals surface area contributed by atoms with Crippen molar-refractivity contribution in [3.05, 3.63) is 40.9 Å². The van der Waals surface area contributed by atoms with Gasteiger partial charge in [-0.2, -0.15) is 17.6 Å². The standard InChI is InChI=1S/C12H11BrF4O2/c1-7(13)11(14,15)12(16,17)10(18)8-3-5-9(19-2)6-4-8/h3-6,10,18H,1H2,2H3. The zero-order valence-electron chi connectivity index (χ0n) is 9.84. The first-order valence-electron chi connectivity index (χ1n) is 5.07. The van der Waals surface area contributed by atoms with Gasteiger partial charge in [0, 0.05) is 0 Å². The van der Waals surface area contributed by atoms with E-state index < -0.39 is 22.4 Å². The number of halogens is 5. The van der Waals surface area contributed by atoms with Crippen molar-refractivity contribution in [2.24, 2.45) is 0 Å². The van der Waals surface area contributed by atoms with Crippen molar-refractivity contribution >= 4 is 15.9 Å². The Morgan fingerprint density at radius 2 is 1.74 bits per heavy atom. The molecule has 106 valence electrons. The summed E-state index contributed by atoms with van der Waals surface area (Å²) < 4.78 is 57.4. The summed E-state index contributed by atoms with van der Waals surface area (Å²) >= 11 is 2.24. The molecule has 0 aromatic heterocycles. The predicted octanol–water partition coefficient (Wildman–Crippen LogP) is 3.91. The third kappa shape index (κ3) is 2.92. The minimum absolute atomic E-state index is 0.348. The summed E-state index contributed by atoms with van der Waals surface area (Å²) in [7, 11) is 1.36. The number of aliphatic hydroxyl groups excluding tert-OH is 1. The molecule has 0 bridgehead atoms. The molecule has 0 radical (unpaired) electrons. The van der Waals surface area contributed by atoms with Gasteiger partial charge in [-0.3, -0.25) is 0 Å². The SMILES string of the molecule is C=C(Br)C(F)(F)C(F)(F)C(O)c1ccc(OC)cc1. The normalized spacial score (nSPS) is 14.1. The molecule has 1 aromatic carbocycles. The lowest BCUT2D eigenvalue weighted by molar-refractivity contribution is -0.233. The maximum absolute atomic E-state index is 13.6. The van der Waals surface area contributed by atoms with E-state index in [1.165, 1.54) is 19.2 Å². The van der Waals surface area contributed by atoms with Gasteiger partial charge in [0.05, 0.1) is 11.6 Å². The van der Waals surface area contributed by atoms with Gasteiger partial charge in [-0.25, -0.2) is 0 Å². The molecule has 0 aliphatic rings. The van der Waals surface area contributed by atoms with E-state index in [4.69, 9.17) is 4.74 Å². The molecule has 1 unspecified atom stereocenters. The highest BCUT2D eigenvalue weighted by Gasteiger charge is 2.62. The van der Waals surface area contributed by atoms with Crippen molar-refractivity contribution in [3.8, 4) is 5.75 Å². The summed E-state index contributed by atoms with van der Waals surface area (Å²) in [4.78, 5) is 0. The lowest BCUT2D eigenvalue weighted by Crippen LogP contribution is -2.45. The summed E-state index contributed by atoms with van der Waals surface area (Å²) in [6, 6.07) is 4.75.